The summed E-state index contributed by atoms with van der Waals surface area (Å²) < 4.78 is 17.1. The first-order valence-corrected chi connectivity index (χ1v) is 3.44. The van der Waals surface area contributed by atoms with E-state index in [-0.39, 0.29) is 5.69 Å². The molecule has 0 aromatic carbocycles. The monoisotopic (exact) mass is 179 g/mol. The van der Waals surface area contributed by atoms with Crippen molar-refractivity contribution in [2.75, 3.05) is 7.11 Å². The number of rotatable bonds is 0. The van der Waals surface area contributed by atoms with Crippen LogP contribution in [-0.2, 0) is 9.53 Å². The van der Waals surface area contributed by atoms with Crippen LogP contribution in [-0.4, -0.2) is 18.1 Å². The molecule has 0 bridgehead atoms. The number of ether oxygens (including phenoxy) is 1. The maximum atomic E-state index is 12.8. The molecule has 0 aliphatic heterocycles. The molecule has 0 amide bonds. The zero-order valence-corrected chi connectivity index (χ0v) is 6.87. The van der Waals surface area contributed by atoms with E-state index in [0.717, 1.165) is 0 Å². The smallest absolute Gasteiger partial charge is 0.384 e. The van der Waals surface area contributed by atoms with Gasteiger partial charge in [-0.25, -0.2) is 14.2 Å². The molecule has 0 radical (unpaired) electrons. The molecule has 4 heteroatoms. The van der Waals surface area contributed by atoms with Crippen molar-refractivity contribution in [1.82, 2.24) is 4.98 Å². The highest BCUT2D eigenvalue weighted by Crippen LogP contribution is 1.99. The second-order valence-electron chi connectivity index (χ2n) is 2.08. The summed E-state index contributed by atoms with van der Waals surface area (Å²) in [6.45, 7) is 0. The molecule has 1 rings (SSSR count). The van der Waals surface area contributed by atoms with Crippen molar-refractivity contribution in [3.8, 4) is 11.8 Å². The van der Waals surface area contributed by atoms with Gasteiger partial charge in [0.15, 0.2) is 5.82 Å². The lowest BCUT2D eigenvalue weighted by Crippen LogP contribution is -1.95. The Morgan fingerprint density at radius 3 is 3.08 bits per heavy atom. The quantitative estimate of drug-likeness (QED) is 0.435. The first-order valence-electron chi connectivity index (χ1n) is 3.44. The van der Waals surface area contributed by atoms with Crippen LogP contribution in [0, 0.1) is 17.7 Å². The van der Waals surface area contributed by atoms with Crippen LogP contribution in [0.3, 0.4) is 0 Å². The highest BCUT2D eigenvalue weighted by Gasteiger charge is 1.97. The van der Waals surface area contributed by atoms with Gasteiger partial charge in [-0.2, -0.15) is 0 Å². The first kappa shape index (κ1) is 9.20. The molecule has 0 saturated carbocycles. The fourth-order valence-corrected chi connectivity index (χ4v) is 0.639. The molecule has 1 heterocycles. The van der Waals surface area contributed by atoms with Crippen molar-refractivity contribution in [1.29, 1.82) is 0 Å². The van der Waals surface area contributed by atoms with Gasteiger partial charge in [-0.15, -0.1) is 0 Å². The van der Waals surface area contributed by atoms with Gasteiger partial charge in [-0.05, 0) is 18.1 Å². The third-order valence-corrected chi connectivity index (χ3v) is 1.23. The summed E-state index contributed by atoms with van der Waals surface area (Å²) in [5, 5.41) is 0. The number of hydrogen-bond acceptors (Lipinski definition) is 3. The van der Waals surface area contributed by atoms with Crippen LogP contribution >= 0.6 is 0 Å². The van der Waals surface area contributed by atoms with Crippen LogP contribution < -0.4 is 0 Å². The molecule has 66 valence electrons. The van der Waals surface area contributed by atoms with E-state index in [2.05, 4.69) is 21.6 Å². The van der Waals surface area contributed by atoms with Crippen molar-refractivity contribution < 1.29 is 13.9 Å². The zero-order valence-electron chi connectivity index (χ0n) is 6.87. The van der Waals surface area contributed by atoms with Gasteiger partial charge in [0.2, 0.25) is 0 Å². The van der Waals surface area contributed by atoms with Crippen LogP contribution in [0.4, 0.5) is 4.39 Å². The summed E-state index contributed by atoms with van der Waals surface area (Å²) in [7, 11) is 1.20. The number of hydrogen-bond donors (Lipinski definition) is 0. The fourth-order valence-electron chi connectivity index (χ4n) is 0.639. The minimum absolute atomic E-state index is 0.0621. The lowest BCUT2D eigenvalue weighted by Gasteiger charge is -1.89. The molecule has 0 saturated heterocycles. The molecule has 0 unspecified atom stereocenters. The Kier molecular flexibility index (Phi) is 2.98. The minimum Gasteiger partial charge on any atom is -0.459 e. The molecule has 1 aromatic heterocycles. The van der Waals surface area contributed by atoms with E-state index in [9.17, 15) is 9.18 Å². The maximum Gasteiger partial charge on any atom is 0.384 e. The van der Waals surface area contributed by atoms with Gasteiger partial charge in [0, 0.05) is 12.1 Å². The van der Waals surface area contributed by atoms with E-state index in [1.807, 2.05) is 0 Å². The fraction of sp³-hybridized carbons (Fsp3) is 0.111. The summed E-state index contributed by atoms with van der Waals surface area (Å²) in [5.74, 6) is 3.05. The number of halogens is 1. The summed E-state index contributed by atoms with van der Waals surface area (Å²) in [6, 6.07) is 2.66. The van der Waals surface area contributed by atoms with Crippen molar-refractivity contribution >= 4 is 5.97 Å². The van der Waals surface area contributed by atoms with Gasteiger partial charge in [-0.3, -0.25) is 0 Å². The van der Waals surface area contributed by atoms with Gasteiger partial charge in [0.25, 0.3) is 0 Å². The molecule has 13 heavy (non-hydrogen) atoms. The predicted molar refractivity (Wildman–Crippen MR) is 43.1 cm³/mol. The normalized spacial score (nSPS) is 8.46. The summed E-state index contributed by atoms with van der Waals surface area (Å²) in [6.07, 6.45) is 1.39. The van der Waals surface area contributed by atoms with Gasteiger partial charge in [0.05, 0.1) is 7.11 Å². The Bertz CT molecular complexity index is 379. The standard InChI is InChI=1S/C9H6FNO2/c1-13-9(12)5-4-8-7(10)3-2-6-11-8/h2-3,6H,1H3. The van der Waals surface area contributed by atoms with Gasteiger partial charge in [-0.1, -0.05) is 0 Å². The number of pyridine rings is 1. The Morgan fingerprint density at radius 1 is 1.69 bits per heavy atom. The predicted octanol–water partition coefficient (Wildman–Crippen LogP) is 0.745. The molecule has 0 aliphatic rings. The number of esters is 1. The average Bonchev–Trinajstić information content (AvgIpc) is 2.16. The van der Waals surface area contributed by atoms with Crippen LogP contribution in [0.5, 0.6) is 0 Å². The van der Waals surface area contributed by atoms with Gasteiger partial charge < -0.3 is 4.74 Å². The molecule has 0 aliphatic carbocycles. The van der Waals surface area contributed by atoms with E-state index in [1.165, 1.54) is 25.4 Å². The summed E-state index contributed by atoms with van der Waals surface area (Å²) in [4.78, 5) is 14.2. The van der Waals surface area contributed by atoms with Crippen molar-refractivity contribution in [2.45, 2.75) is 0 Å². The third-order valence-electron chi connectivity index (χ3n) is 1.23. The largest absolute Gasteiger partial charge is 0.459 e. The van der Waals surface area contributed by atoms with Crippen molar-refractivity contribution in [3.05, 3.63) is 29.8 Å². The number of methoxy groups -OCH3 is 1. The van der Waals surface area contributed by atoms with Crippen LogP contribution in [0.2, 0.25) is 0 Å². The number of aromatic nitrogens is 1. The lowest BCUT2D eigenvalue weighted by molar-refractivity contribution is -0.133. The van der Waals surface area contributed by atoms with E-state index < -0.39 is 11.8 Å². The molecule has 0 fully saturated rings. The highest BCUT2D eigenvalue weighted by molar-refractivity contribution is 5.88. The topological polar surface area (TPSA) is 39.2 Å². The highest BCUT2D eigenvalue weighted by atomic mass is 19.1. The SMILES string of the molecule is COC(=O)C#Cc1ncccc1F. The third kappa shape index (κ3) is 2.56. The van der Waals surface area contributed by atoms with Crippen LogP contribution in [0.1, 0.15) is 5.69 Å². The van der Waals surface area contributed by atoms with Gasteiger partial charge in [0.1, 0.15) is 5.69 Å². The van der Waals surface area contributed by atoms with E-state index in [4.69, 9.17) is 0 Å². The van der Waals surface area contributed by atoms with Crippen LogP contribution in [0.15, 0.2) is 18.3 Å². The van der Waals surface area contributed by atoms with E-state index in [0.29, 0.717) is 0 Å². The van der Waals surface area contributed by atoms with Gasteiger partial charge >= 0.3 is 5.97 Å². The molecule has 0 spiro atoms. The molecular formula is C9H6FNO2. The van der Waals surface area contributed by atoms with Crippen LogP contribution in [0.25, 0.3) is 0 Å². The maximum absolute atomic E-state index is 12.8. The molecule has 0 N–H and O–H groups in total. The molecule has 0 atom stereocenters. The average molecular weight is 179 g/mol. The molecule has 1 aromatic rings. The second kappa shape index (κ2) is 4.21. The second-order valence-corrected chi connectivity index (χ2v) is 2.08. The zero-order chi connectivity index (χ0) is 9.68. The number of carbonyl (C=O) groups is 1. The summed E-state index contributed by atoms with van der Waals surface area (Å²) in [5.41, 5.74) is -0.0621. The number of nitrogens with zero attached hydrogens (tertiary/aromatic N) is 1. The Balaban J connectivity index is 2.89. The lowest BCUT2D eigenvalue weighted by atomic mass is 10.3. The number of carbonyl (C=O) groups excluding carboxylic acids is 1. The van der Waals surface area contributed by atoms with E-state index >= 15 is 0 Å². The van der Waals surface area contributed by atoms with E-state index in [1.54, 1.807) is 0 Å². The Hall–Kier alpha value is -1.89. The Morgan fingerprint density at radius 2 is 2.46 bits per heavy atom. The van der Waals surface area contributed by atoms with Crippen molar-refractivity contribution in [3.63, 3.8) is 0 Å². The summed E-state index contributed by atoms with van der Waals surface area (Å²) >= 11 is 0. The molecule has 3 nitrogen and oxygen atoms in total. The minimum atomic E-state index is -0.718. The molecular weight excluding hydrogens is 173 g/mol. The first-order chi connectivity index (χ1) is 6.24. The van der Waals surface area contributed by atoms with Crippen molar-refractivity contribution in [2.24, 2.45) is 0 Å². The Labute approximate surface area is 74.6 Å².